The summed E-state index contributed by atoms with van der Waals surface area (Å²) in [7, 11) is 0. The molecule has 0 saturated carbocycles. The fourth-order valence-electron chi connectivity index (χ4n) is 2.51. The Kier molecular flexibility index (Phi) is 3.29. The molecule has 19 heavy (non-hydrogen) atoms. The first-order chi connectivity index (χ1) is 9.24. The lowest BCUT2D eigenvalue weighted by Gasteiger charge is -2.25. The highest BCUT2D eigenvalue weighted by molar-refractivity contribution is 5.57. The van der Waals surface area contributed by atoms with E-state index in [-0.39, 0.29) is 6.04 Å². The molecule has 0 radical (unpaired) electrons. The van der Waals surface area contributed by atoms with Crippen molar-refractivity contribution in [3.63, 3.8) is 0 Å². The molecule has 3 rings (SSSR count). The van der Waals surface area contributed by atoms with Crippen LogP contribution in [-0.2, 0) is 0 Å². The van der Waals surface area contributed by atoms with Crippen LogP contribution in [0.15, 0.2) is 23.0 Å². The van der Waals surface area contributed by atoms with Gasteiger partial charge in [-0.25, -0.2) is 0 Å². The maximum absolute atomic E-state index is 5.42. The van der Waals surface area contributed by atoms with Crippen LogP contribution in [0.3, 0.4) is 0 Å². The van der Waals surface area contributed by atoms with Gasteiger partial charge in [-0.3, -0.25) is 4.98 Å². The third kappa shape index (κ3) is 2.51. The highest BCUT2D eigenvalue weighted by Gasteiger charge is 2.25. The second kappa shape index (κ2) is 5.09. The Bertz CT molecular complexity index is 566. The zero-order valence-electron chi connectivity index (χ0n) is 11.3. The van der Waals surface area contributed by atoms with E-state index in [0.29, 0.717) is 17.6 Å². The number of nitrogens with one attached hydrogen (secondary N) is 1. The molecule has 2 aromatic rings. The fourth-order valence-corrected chi connectivity index (χ4v) is 2.51. The van der Waals surface area contributed by atoms with Gasteiger partial charge in [-0.15, -0.1) is 0 Å². The Morgan fingerprint density at radius 2 is 2.32 bits per heavy atom. The van der Waals surface area contributed by atoms with Gasteiger partial charge >= 0.3 is 0 Å². The van der Waals surface area contributed by atoms with Gasteiger partial charge in [-0.05, 0) is 43.9 Å². The minimum atomic E-state index is 0.187. The standard InChI is InChI=1S/C14H18N4O/c1-9-3-6-16-12(7-9)14-17-13(18-19-14)11-4-5-15-8-10(11)2/h4-5,8-9,12,16H,3,6-7H2,1-2H3. The number of hydrogen-bond donors (Lipinski definition) is 1. The highest BCUT2D eigenvalue weighted by atomic mass is 16.5. The van der Waals surface area contributed by atoms with Crippen LogP contribution in [0.4, 0.5) is 0 Å². The van der Waals surface area contributed by atoms with E-state index < -0.39 is 0 Å². The summed E-state index contributed by atoms with van der Waals surface area (Å²) in [4.78, 5) is 8.61. The van der Waals surface area contributed by atoms with Gasteiger partial charge in [0, 0.05) is 18.0 Å². The molecule has 1 aliphatic rings. The molecule has 2 atom stereocenters. The number of piperidine rings is 1. The number of nitrogens with zero attached hydrogens (tertiary/aromatic N) is 3. The third-order valence-electron chi connectivity index (χ3n) is 3.67. The van der Waals surface area contributed by atoms with E-state index in [9.17, 15) is 0 Å². The van der Waals surface area contributed by atoms with Crippen molar-refractivity contribution in [1.29, 1.82) is 0 Å². The highest BCUT2D eigenvalue weighted by Crippen LogP contribution is 2.27. The topological polar surface area (TPSA) is 63.8 Å². The average Bonchev–Trinajstić information content (AvgIpc) is 2.89. The van der Waals surface area contributed by atoms with Gasteiger partial charge in [0.1, 0.15) is 0 Å². The molecular formula is C14H18N4O. The van der Waals surface area contributed by atoms with E-state index in [1.165, 1.54) is 6.42 Å². The van der Waals surface area contributed by atoms with Crippen molar-refractivity contribution in [3.05, 3.63) is 29.9 Å². The molecule has 1 N–H and O–H groups in total. The molecule has 5 nitrogen and oxygen atoms in total. The first-order valence-corrected chi connectivity index (χ1v) is 6.72. The lowest BCUT2D eigenvalue weighted by molar-refractivity contribution is 0.260. The minimum absolute atomic E-state index is 0.187. The van der Waals surface area contributed by atoms with Crippen molar-refractivity contribution in [2.24, 2.45) is 5.92 Å². The first-order valence-electron chi connectivity index (χ1n) is 6.72. The molecule has 1 aliphatic heterocycles. The number of rotatable bonds is 2. The number of aromatic nitrogens is 3. The Morgan fingerprint density at radius 3 is 3.11 bits per heavy atom. The lowest BCUT2D eigenvalue weighted by atomic mass is 9.94. The lowest BCUT2D eigenvalue weighted by Crippen LogP contribution is -2.30. The van der Waals surface area contributed by atoms with Crippen molar-refractivity contribution in [2.45, 2.75) is 32.7 Å². The van der Waals surface area contributed by atoms with Crippen LogP contribution >= 0.6 is 0 Å². The van der Waals surface area contributed by atoms with Crippen LogP contribution in [0.25, 0.3) is 11.4 Å². The molecule has 0 amide bonds. The van der Waals surface area contributed by atoms with Crippen LogP contribution in [0, 0.1) is 12.8 Å². The number of pyridine rings is 1. The van der Waals surface area contributed by atoms with Crippen LogP contribution in [-0.4, -0.2) is 21.7 Å². The van der Waals surface area contributed by atoms with E-state index in [1.54, 1.807) is 6.20 Å². The van der Waals surface area contributed by atoms with Crippen molar-refractivity contribution < 1.29 is 4.52 Å². The van der Waals surface area contributed by atoms with Crippen LogP contribution < -0.4 is 5.32 Å². The summed E-state index contributed by atoms with van der Waals surface area (Å²) in [5.74, 6) is 2.04. The monoisotopic (exact) mass is 258 g/mol. The Hall–Kier alpha value is -1.75. The van der Waals surface area contributed by atoms with E-state index >= 15 is 0 Å². The molecule has 1 fully saturated rings. The molecule has 0 aromatic carbocycles. The van der Waals surface area contributed by atoms with Gasteiger partial charge in [0.25, 0.3) is 0 Å². The van der Waals surface area contributed by atoms with Crippen LogP contribution in [0.5, 0.6) is 0 Å². The van der Waals surface area contributed by atoms with Gasteiger partial charge < -0.3 is 9.84 Å². The van der Waals surface area contributed by atoms with Crippen LogP contribution in [0.2, 0.25) is 0 Å². The number of aryl methyl sites for hydroxylation is 1. The zero-order chi connectivity index (χ0) is 13.2. The van der Waals surface area contributed by atoms with E-state index in [2.05, 4.69) is 27.4 Å². The summed E-state index contributed by atoms with van der Waals surface area (Å²) in [6, 6.07) is 2.10. The Balaban J connectivity index is 1.85. The summed E-state index contributed by atoms with van der Waals surface area (Å²) in [6.07, 6.45) is 5.82. The molecule has 1 saturated heterocycles. The predicted octanol–water partition coefficient (Wildman–Crippen LogP) is 2.50. The van der Waals surface area contributed by atoms with Crippen LogP contribution in [0.1, 0.15) is 37.3 Å². The predicted molar refractivity (Wildman–Crippen MR) is 71.4 cm³/mol. The Labute approximate surface area is 112 Å². The molecule has 0 aliphatic carbocycles. The third-order valence-corrected chi connectivity index (χ3v) is 3.67. The molecule has 2 aromatic heterocycles. The van der Waals surface area contributed by atoms with Gasteiger partial charge in [0.2, 0.25) is 11.7 Å². The molecule has 0 spiro atoms. The first kappa shape index (κ1) is 12.3. The van der Waals surface area contributed by atoms with E-state index in [4.69, 9.17) is 4.52 Å². The van der Waals surface area contributed by atoms with Crippen molar-refractivity contribution in [3.8, 4) is 11.4 Å². The summed E-state index contributed by atoms with van der Waals surface area (Å²) in [5, 5.41) is 7.53. The molecule has 2 unspecified atom stereocenters. The van der Waals surface area contributed by atoms with Crippen molar-refractivity contribution in [2.75, 3.05) is 6.54 Å². The van der Waals surface area contributed by atoms with Crippen molar-refractivity contribution in [1.82, 2.24) is 20.4 Å². The summed E-state index contributed by atoms with van der Waals surface area (Å²) >= 11 is 0. The van der Waals surface area contributed by atoms with E-state index in [0.717, 1.165) is 24.1 Å². The Morgan fingerprint density at radius 1 is 1.42 bits per heavy atom. The maximum Gasteiger partial charge on any atom is 0.244 e. The smallest absolute Gasteiger partial charge is 0.244 e. The second-order valence-corrected chi connectivity index (χ2v) is 5.28. The minimum Gasteiger partial charge on any atom is -0.337 e. The number of hydrogen-bond acceptors (Lipinski definition) is 5. The second-order valence-electron chi connectivity index (χ2n) is 5.28. The quantitative estimate of drug-likeness (QED) is 0.896. The van der Waals surface area contributed by atoms with Gasteiger partial charge in [-0.1, -0.05) is 12.1 Å². The molecule has 5 heteroatoms. The molecule has 100 valence electrons. The van der Waals surface area contributed by atoms with Gasteiger partial charge in [0.05, 0.1) is 6.04 Å². The van der Waals surface area contributed by atoms with Gasteiger partial charge in [0.15, 0.2) is 0 Å². The van der Waals surface area contributed by atoms with E-state index in [1.807, 2.05) is 19.2 Å². The molecule has 3 heterocycles. The van der Waals surface area contributed by atoms with Crippen molar-refractivity contribution >= 4 is 0 Å². The zero-order valence-corrected chi connectivity index (χ0v) is 11.3. The van der Waals surface area contributed by atoms with Gasteiger partial charge in [-0.2, -0.15) is 4.98 Å². The SMILES string of the molecule is Cc1cnccc1-c1noc(C2CC(C)CCN2)n1. The normalized spacial score (nSPS) is 23.5. The fraction of sp³-hybridized carbons (Fsp3) is 0.500. The average molecular weight is 258 g/mol. The largest absolute Gasteiger partial charge is 0.337 e. The maximum atomic E-state index is 5.42. The molecular weight excluding hydrogens is 240 g/mol. The summed E-state index contributed by atoms with van der Waals surface area (Å²) in [6.45, 7) is 5.27. The summed E-state index contributed by atoms with van der Waals surface area (Å²) in [5.41, 5.74) is 2.04. The summed E-state index contributed by atoms with van der Waals surface area (Å²) < 4.78 is 5.42. The molecule has 0 bridgehead atoms.